The van der Waals surface area contributed by atoms with Gasteiger partial charge in [0.05, 0.1) is 6.10 Å². The Morgan fingerprint density at radius 1 is 1.08 bits per heavy atom. The highest BCUT2D eigenvalue weighted by Crippen LogP contribution is 2.25. The smallest absolute Gasteiger partial charge is 0.225 e. The first kappa shape index (κ1) is 17.9. The van der Waals surface area contributed by atoms with Gasteiger partial charge >= 0.3 is 0 Å². The summed E-state index contributed by atoms with van der Waals surface area (Å²) >= 11 is 1.71. The van der Waals surface area contributed by atoms with Crippen molar-refractivity contribution in [2.75, 3.05) is 11.1 Å². The largest absolute Gasteiger partial charge is 0.490 e. The van der Waals surface area contributed by atoms with Crippen LogP contribution in [0.2, 0.25) is 0 Å². The first-order valence-corrected chi connectivity index (χ1v) is 9.94. The van der Waals surface area contributed by atoms with E-state index in [2.05, 4.69) is 36.5 Å². The normalized spacial score (nSPS) is 14.4. The Bertz CT molecular complexity index is 676. The maximum atomic E-state index is 12.1. The summed E-state index contributed by atoms with van der Waals surface area (Å²) < 4.78 is 5.94. The molecule has 0 aromatic heterocycles. The number of thioether (sulfide) groups is 1. The van der Waals surface area contributed by atoms with E-state index >= 15 is 0 Å². The molecule has 0 bridgehead atoms. The van der Waals surface area contributed by atoms with Gasteiger partial charge in [-0.2, -0.15) is 0 Å². The molecule has 1 fully saturated rings. The van der Waals surface area contributed by atoms with E-state index in [1.165, 1.54) is 23.3 Å². The van der Waals surface area contributed by atoms with E-state index in [9.17, 15) is 4.79 Å². The molecule has 3 rings (SSSR count). The summed E-state index contributed by atoms with van der Waals surface area (Å²) in [4.78, 5) is 13.3. The third kappa shape index (κ3) is 5.82. The average molecular weight is 356 g/mol. The Morgan fingerprint density at radius 2 is 1.76 bits per heavy atom. The molecular formula is C21H25NO2S. The van der Waals surface area contributed by atoms with Crippen molar-refractivity contribution < 1.29 is 9.53 Å². The van der Waals surface area contributed by atoms with Crippen LogP contribution in [0.3, 0.4) is 0 Å². The van der Waals surface area contributed by atoms with Crippen molar-refractivity contribution in [1.82, 2.24) is 0 Å². The Kier molecular flexibility index (Phi) is 6.40. The van der Waals surface area contributed by atoms with Crippen LogP contribution in [0, 0.1) is 6.92 Å². The fourth-order valence-corrected chi connectivity index (χ4v) is 3.79. The number of aryl methyl sites for hydroxylation is 1. The Morgan fingerprint density at radius 3 is 2.44 bits per heavy atom. The lowest BCUT2D eigenvalue weighted by Gasteiger charge is -2.13. The molecule has 0 unspecified atom stereocenters. The third-order valence-corrected chi connectivity index (χ3v) is 5.38. The minimum Gasteiger partial charge on any atom is -0.490 e. The van der Waals surface area contributed by atoms with Gasteiger partial charge < -0.3 is 10.1 Å². The SMILES string of the molecule is Cc1ccc(SCCC(=O)Nc2ccc(OC3CCCC3)cc2)cc1. The van der Waals surface area contributed by atoms with Gasteiger partial charge in [-0.25, -0.2) is 0 Å². The molecule has 1 amide bonds. The quantitative estimate of drug-likeness (QED) is 0.672. The molecule has 0 atom stereocenters. The number of nitrogens with one attached hydrogen (secondary N) is 1. The van der Waals surface area contributed by atoms with E-state index in [-0.39, 0.29) is 5.91 Å². The zero-order valence-corrected chi connectivity index (χ0v) is 15.5. The molecule has 2 aromatic carbocycles. The van der Waals surface area contributed by atoms with Crippen molar-refractivity contribution in [3.05, 3.63) is 54.1 Å². The fraction of sp³-hybridized carbons (Fsp3) is 0.381. The number of hydrogen-bond acceptors (Lipinski definition) is 3. The second-order valence-corrected chi connectivity index (χ2v) is 7.68. The molecular weight excluding hydrogens is 330 g/mol. The van der Waals surface area contributed by atoms with Gasteiger partial charge in [0, 0.05) is 22.8 Å². The first-order chi connectivity index (χ1) is 12.2. The van der Waals surface area contributed by atoms with Crippen molar-refractivity contribution in [2.24, 2.45) is 0 Å². The summed E-state index contributed by atoms with van der Waals surface area (Å²) in [6, 6.07) is 16.1. The Labute approximate surface area is 154 Å². The van der Waals surface area contributed by atoms with Gasteiger partial charge in [0.15, 0.2) is 0 Å². The van der Waals surface area contributed by atoms with Crippen molar-refractivity contribution in [3.63, 3.8) is 0 Å². The third-order valence-electron chi connectivity index (χ3n) is 4.36. The van der Waals surface area contributed by atoms with Crippen LogP contribution in [0.25, 0.3) is 0 Å². The Balaban J connectivity index is 1.40. The molecule has 0 spiro atoms. The minimum absolute atomic E-state index is 0.0454. The van der Waals surface area contributed by atoms with E-state index in [1.54, 1.807) is 11.8 Å². The van der Waals surface area contributed by atoms with Gasteiger partial charge in [0.25, 0.3) is 0 Å². The van der Waals surface area contributed by atoms with Crippen LogP contribution in [0.5, 0.6) is 5.75 Å². The summed E-state index contributed by atoms with van der Waals surface area (Å²) in [5, 5.41) is 2.95. The van der Waals surface area contributed by atoms with E-state index in [0.29, 0.717) is 12.5 Å². The number of benzene rings is 2. The molecule has 2 aromatic rings. The molecule has 0 saturated heterocycles. The van der Waals surface area contributed by atoms with Crippen LogP contribution < -0.4 is 10.1 Å². The van der Waals surface area contributed by atoms with Crippen LogP contribution >= 0.6 is 11.8 Å². The van der Waals surface area contributed by atoms with E-state index in [4.69, 9.17) is 4.74 Å². The highest BCUT2D eigenvalue weighted by molar-refractivity contribution is 7.99. The van der Waals surface area contributed by atoms with Gasteiger partial charge in [-0.05, 0) is 69.0 Å². The molecule has 1 saturated carbocycles. The van der Waals surface area contributed by atoms with Gasteiger partial charge in [-0.3, -0.25) is 4.79 Å². The second-order valence-electron chi connectivity index (χ2n) is 6.51. The van der Waals surface area contributed by atoms with Gasteiger partial charge in [-0.15, -0.1) is 11.8 Å². The highest BCUT2D eigenvalue weighted by atomic mass is 32.2. The minimum atomic E-state index is 0.0454. The van der Waals surface area contributed by atoms with Crippen LogP contribution in [0.4, 0.5) is 5.69 Å². The zero-order valence-electron chi connectivity index (χ0n) is 14.7. The number of carbonyl (C=O) groups is 1. The fourth-order valence-electron chi connectivity index (χ4n) is 2.94. The summed E-state index contributed by atoms with van der Waals surface area (Å²) in [6.45, 7) is 2.08. The summed E-state index contributed by atoms with van der Waals surface area (Å²) in [7, 11) is 0. The summed E-state index contributed by atoms with van der Waals surface area (Å²) in [6.07, 6.45) is 5.69. The van der Waals surface area contributed by atoms with Crippen LogP contribution in [0.15, 0.2) is 53.4 Å². The van der Waals surface area contributed by atoms with Gasteiger partial charge in [0.2, 0.25) is 5.91 Å². The highest BCUT2D eigenvalue weighted by Gasteiger charge is 2.16. The molecule has 1 N–H and O–H groups in total. The molecule has 3 nitrogen and oxygen atoms in total. The van der Waals surface area contributed by atoms with Crippen LogP contribution in [0.1, 0.15) is 37.7 Å². The van der Waals surface area contributed by atoms with Crippen LogP contribution in [-0.4, -0.2) is 17.8 Å². The predicted molar refractivity (Wildman–Crippen MR) is 104 cm³/mol. The van der Waals surface area contributed by atoms with Gasteiger partial charge in [-0.1, -0.05) is 17.7 Å². The average Bonchev–Trinajstić information content (AvgIpc) is 3.11. The number of amides is 1. The molecule has 4 heteroatoms. The predicted octanol–water partition coefficient (Wildman–Crippen LogP) is 5.44. The monoisotopic (exact) mass is 355 g/mol. The maximum absolute atomic E-state index is 12.1. The van der Waals surface area contributed by atoms with E-state index < -0.39 is 0 Å². The number of ether oxygens (including phenoxy) is 1. The summed E-state index contributed by atoms with van der Waals surface area (Å²) in [5.41, 5.74) is 2.08. The second kappa shape index (κ2) is 8.95. The summed E-state index contributed by atoms with van der Waals surface area (Å²) in [5.74, 6) is 1.71. The van der Waals surface area contributed by atoms with Crippen molar-refractivity contribution in [2.45, 2.75) is 50.0 Å². The lowest BCUT2D eigenvalue weighted by atomic mass is 10.2. The maximum Gasteiger partial charge on any atom is 0.225 e. The molecule has 1 aliphatic rings. The Hall–Kier alpha value is -1.94. The lowest BCUT2D eigenvalue weighted by Crippen LogP contribution is -2.13. The van der Waals surface area contributed by atoms with E-state index in [0.717, 1.165) is 30.0 Å². The molecule has 25 heavy (non-hydrogen) atoms. The van der Waals surface area contributed by atoms with Gasteiger partial charge in [0.1, 0.15) is 5.75 Å². The zero-order chi connectivity index (χ0) is 17.5. The van der Waals surface area contributed by atoms with Crippen LogP contribution in [-0.2, 0) is 4.79 Å². The molecule has 1 aliphatic carbocycles. The topological polar surface area (TPSA) is 38.3 Å². The van der Waals surface area contributed by atoms with Crippen molar-refractivity contribution >= 4 is 23.4 Å². The number of rotatable bonds is 7. The molecule has 0 radical (unpaired) electrons. The van der Waals surface area contributed by atoms with Crippen molar-refractivity contribution in [1.29, 1.82) is 0 Å². The lowest BCUT2D eigenvalue weighted by molar-refractivity contribution is -0.115. The number of hydrogen-bond donors (Lipinski definition) is 1. The molecule has 0 heterocycles. The van der Waals surface area contributed by atoms with Crippen molar-refractivity contribution in [3.8, 4) is 5.75 Å². The number of anilines is 1. The molecule has 0 aliphatic heterocycles. The van der Waals surface area contributed by atoms with E-state index in [1.807, 2.05) is 24.3 Å². The standard InChI is InChI=1S/C21H25NO2S/c1-16-6-12-20(13-7-16)25-15-14-21(23)22-17-8-10-19(11-9-17)24-18-4-2-3-5-18/h6-13,18H,2-5,14-15H2,1H3,(H,22,23). The number of carbonyl (C=O) groups excluding carboxylic acids is 1. The first-order valence-electron chi connectivity index (χ1n) is 8.95. The molecule has 132 valence electrons.